The molecule has 19 heavy (non-hydrogen) atoms. The van der Waals surface area contributed by atoms with Gasteiger partial charge in [0.1, 0.15) is 23.3 Å². The SMILES string of the molecule is Cn1ccnc1-c1c(C#N)c(N)nc2c1CCCC2. The summed E-state index contributed by atoms with van der Waals surface area (Å²) < 4.78 is 1.92. The number of nitriles is 1. The lowest BCUT2D eigenvalue weighted by Gasteiger charge is -2.20. The van der Waals surface area contributed by atoms with Crippen molar-refractivity contribution in [2.45, 2.75) is 25.7 Å². The van der Waals surface area contributed by atoms with Crippen LogP contribution >= 0.6 is 0 Å². The first-order valence-corrected chi connectivity index (χ1v) is 6.41. The first-order chi connectivity index (χ1) is 9.22. The van der Waals surface area contributed by atoms with E-state index in [4.69, 9.17) is 5.73 Å². The number of hydrogen-bond donors (Lipinski definition) is 1. The van der Waals surface area contributed by atoms with E-state index < -0.39 is 0 Å². The van der Waals surface area contributed by atoms with Gasteiger partial charge in [-0.25, -0.2) is 9.97 Å². The lowest BCUT2D eigenvalue weighted by molar-refractivity contribution is 0.668. The molecule has 0 radical (unpaired) electrons. The third-order valence-corrected chi connectivity index (χ3v) is 3.66. The summed E-state index contributed by atoms with van der Waals surface area (Å²) in [5.41, 5.74) is 9.44. The molecule has 2 N–H and O–H groups in total. The van der Waals surface area contributed by atoms with E-state index in [1.807, 2.05) is 17.8 Å². The Morgan fingerprint density at radius 1 is 1.37 bits per heavy atom. The van der Waals surface area contributed by atoms with Crippen molar-refractivity contribution in [3.8, 4) is 17.5 Å². The second-order valence-corrected chi connectivity index (χ2v) is 4.85. The van der Waals surface area contributed by atoms with Crippen LogP contribution in [0.1, 0.15) is 29.7 Å². The molecule has 0 spiro atoms. The third-order valence-electron chi connectivity index (χ3n) is 3.66. The first-order valence-electron chi connectivity index (χ1n) is 6.41. The van der Waals surface area contributed by atoms with Crippen molar-refractivity contribution in [1.29, 1.82) is 5.26 Å². The normalized spacial score (nSPS) is 13.9. The molecule has 96 valence electrons. The molecule has 1 aliphatic carbocycles. The number of nitrogen functional groups attached to an aromatic ring is 1. The van der Waals surface area contributed by atoms with Gasteiger partial charge in [0.05, 0.1) is 0 Å². The van der Waals surface area contributed by atoms with Crippen molar-refractivity contribution in [2.24, 2.45) is 7.05 Å². The van der Waals surface area contributed by atoms with Gasteiger partial charge in [0, 0.05) is 30.7 Å². The summed E-state index contributed by atoms with van der Waals surface area (Å²) in [6, 6.07) is 2.19. The number of hydrogen-bond acceptors (Lipinski definition) is 4. The van der Waals surface area contributed by atoms with E-state index >= 15 is 0 Å². The summed E-state index contributed by atoms with van der Waals surface area (Å²) in [5.74, 6) is 1.12. The van der Waals surface area contributed by atoms with Crippen LogP contribution in [0.4, 0.5) is 5.82 Å². The molecule has 2 aromatic rings. The van der Waals surface area contributed by atoms with Crippen LogP contribution < -0.4 is 5.73 Å². The van der Waals surface area contributed by atoms with E-state index in [-0.39, 0.29) is 0 Å². The van der Waals surface area contributed by atoms with Crippen LogP contribution in [0.5, 0.6) is 0 Å². The van der Waals surface area contributed by atoms with Crippen LogP contribution in [0, 0.1) is 11.3 Å². The minimum absolute atomic E-state index is 0.321. The molecule has 0 saturated heterocycles. The van der Waals surface area contributed by atoms with Gasteiger partial charge in [-0.15, -0.1) is 0 Å². The fourth-order valence-corrected chi connectivity index (χ4v) is 2.73. The highest BCUT2D eigenvalue weighted by Gasteiger charge is 2.23. The van der Waals surface area contributed by atoms with E-state index in [1.54, 1.807) is 6.20 Å². The van der Waals surface area contributed by atoms with E-state index in [1.165, 1.54) is 0 Å². The van der Waals surface area contributed by atoms with E-state index in [0.29, 0.717) is 11.4 Å². The molecule has 0 aliphatic heterocycles. The van der Waals surface area contributed by atoms with Gasteiger partial charge >= 0.3 is 0 Å². The molecule has 0 atom stereocenters. The maximum Gasteiger partial charge on any atom is 0.142 e. The number of nitrogens with zero attached hydrogens (tertiary/aromatic N) is 4. The lowest BCUT2D eigenvalue weighted by atomic mass is 9.89. The standard InChI is InChI=1S/C14H15N5/c1-19-7-6-17-14(19)12-9-4-2-3-5-11(9)18-13(16)10(12)8-15/h6-7H,2-5H2,1H3,(H2,16,18). The molecule has 0 aromatic carbocycles. The molecule has 0 bridgehead atoms. The van der Waals surface area contributed by atoms with Gasteiger partial charge in [-0.05, 0) is 31.2 Å². The van der Waals surface area contributed by atoms with Gasteiger partial charge in [-0.1, -0.05) is 0 Å². The highest BCUT2D eigenvalue weighted by atomic mass is 15.0. The number of aryl methyl sites for hydroxylation is 2. The number of imidazole rings is 1. The van der Waals surface area contributed by atoms with Crippen molar-refractivity contribution < 1.29 is 0 Å². The number of aromatic nitrogens is 3. The smallest absolute Gasteiger partial charge is 0.142 e. The molecular weight excluding hydrogens is 238 g/mol. The van der Waals surface area contributed by atoms with Gasteiger partial charge in [-0.3, -0.25) is 0 Å². The van der Waals surface area contributed by atoms with E-state index in [0.717, 1.165) is 48.3 Å². The van der Waals surface area contributed by atoms with Gasteiger partial charge in [-0.2, -0.15) is 5.26 Å². The fraction of sp³-hybridized carbons (Fsp3) is 0.357. The first kappa shape index (κ1) is 11.7. The molecule has 2 aromatic heterocycles. The van der Waals surface area contributed by atoms with Gasteiger partial charge in [0.15, 0.2) is 0 Å². The van der Waals surface area contributed by atoms with Gasteiger partial charge in [0.25, 0.3) is 0 Å². The Kier molecular flexibility index (Phi) is 2.71. The molecule has 0 unspecified atom stereocenters. The number of nitrogens with two attached hydrogens (primary N) is 1. The maximum absolute atomic E-state index is 9.38. The van der Waals surface area contributed by atoms with Crippen molar-refractivity contribution in [3.63, 3.8) is 0 Å². The lowest BCUT2D eigenvalue weighted by Crippen LogP contribution is -2.13. The Morgan fingerprint density at radius 3 is 2.84 bits per heavy atom. The summed E-state index contributed by atoms with van der Waals surface area (Å²) in [7, 11) is 1.93. The largest absolute Gasteiger partial charge is 0.383 e. The molecule has 1 aliphatic rings. The zero-order valence-corrected chi connectivity index (χ0v) is 10.8. The average molecular weight is 253 g/mol. The minimum atomic E-state index is 0.321. The van der Waals surface area contributed by atoms with E-state index in [2.05, 4.69) is 16.0 Å². The van der Waals surface area contributed by atoms with Crippen LogP contribution in [0.25, 0.3) is 11.4 Å². The molecule has 0 saturated carbocycles. The van der Waals surface area contributed by atoms with Crippen molar-refractivity contribution in [2.75, 3.05) is 5.73 Å². The van der Waals surface area contributed by atoms with Crippen molar-refractivity contribution in [1.82, 2.24) is 14.5 Å². The van der Waals surface area contributed by atoms with E-state index in [9.17, 15) is 5.26 Å². The van der Waals surface area contributed by atoms with Gasteiger partial charge in [0.2, 0.25) is 0 Å². The van der Waals surface area contributed by atoms with Crippen LogP contribution in [0.3, 0.4) is 0 Å². The molecule has 2 heterocycles. The molecule has 0 amide bonds. The predicted molar refractivity (Wildman–Crippen MR) is 72.2 cm³/mol. The maximum atomic E-state index is 9.38. The third kappa shape index (κ3) is 1.76. The zero-order valence-electron chi connectivity index (χ0n) is 10.8. The summed E-state index contributed by atoms with van der Waals surface area (Å²) >= 11 is 0. The summed E-state index contributed by atoms with van der Waals surface area (Å²) in [5, 5.41) is 9.38. The zero-order chi connectivity index (χ0) is 13.4. The second-order valence-electron chi connectivity index (χ2n) is 4.85. The number of fused-ring (bicyclic) bond motifs is 1. The highest BCUT2D eigenvalue weighted by Crippen LogP contribution is 2.34. The highest BCUT2D eigenvalue weighted by molar-refractivity contribution is 5.75. The fourth-order valence-electron chi connectivity index (χ4n) is 2.73. The Morgan fingerprint density at radius 2 is 2.16 bits per heavy atom. The Hall–Kier alpha value is -2.35. The minimum Gasteiger partial charge on any atom is -0.383 e. The Labute approximate surface area is 111 Å². The van der Waals surface area contributed by atoms with Gasteiger partial charge < -0.3 is 10.3 Å². The molecular formula is C14H15N5. The predicted octanol–water partition coefficient (Wildman–Crippen LogP) is 1.81. The molecule has 5 heteroatoms. The Bertz CT molecular complexity index is 678. The summed E-state index contributed by atoms with van der Waals surface area (Å²) in [6.45, 7) is 0. The van der Waals surface area contributed by atoms with Crippen molar-refractivity contribution in [3.05, 3.63) is 29.2 Å². The second kappa shape index (κ2) is 4.39. The van der Waals surface area contributed by atoms with Crippen LogP contribution in [-0.2, 0) is 19.9 Å². The van der Waals surface area contributed by atoms with Crippen molar-refractivity contribution >= 4 is 5.82 Å². The van der Waals surface area contributed by atoms with Crippen LogP contribution in [0.2, 0.25) is 0 Å². The summed E-state index contributed by atoms with van der Waals surface area (Å²) in [4.78, 5) is 8.78. The monoisotopic (exact) mass is 253 g/mol. The average Bonchev–Trinajstić information content (AvgIpc) is 2.83. The van der Waals surface area contributed by atoms with Crippen LogP contribution in [0.15, 0.2) is 12.4 Å². The number of rotatable bonds is 1. The number of anilines is 1. The number of pyridine rings is 1. The topological polar surface area (TPSA) is 80.5 Å². The molecule has 0 fully saturated rings. The Balaban J connectivity index is 2.35. The van der Waals surface area contributed by atoms with Crippen LogP contribution in [-0.4, -0.2) is 14.5 Å². The quantitative estimate of drug-likeness (QED) is 0.840. The summed E-state index contributed by atoms with van der Waals surface area (Å²) in [6.07, 6.45) is 7.75. The molecule has 3 rings (SSSR count). The molecule has 5 nitrogen and oxygen atoms in total.